The monoisotopic (exact) mass is 235 g/mol. The van der Waals surface area contributed by atoms with Crippen LogP contribution >= 0.6 is 0 Å². The molecule has 0 unspecified atom stereocenters. The molecule has 1 aromatic carbocycles. The van der Waals surface area contributed by atoms with E-state index in [0.717, 1.165) is 5.69 Å². The van der Waals surface area contributed by atoms with Crippen LogP contribution in [0, 0.1) is 0 Å². The normalized spacial score (nSPS) is 10.8. The van der Waals surface area contributed by atoms with E-state index in [4.69, 9.17) is 9.47 Å². The van der Waals surface area contributed by atoms with E-state index in [9.17, 15) is 4.79 Å². The Kier molecular flexibility index (Phi) is 5.64. The highest BCUT2D eigenvalue weighted by Gasteiger charge is 2.03. The van der Waals surface area contributed by atoms with E-state index in [2.05, 4.69) is 5.32 Å². The molecule has 1 aromatic rings. The Labute approximate surface area is 101 Å². The number of nitrogens with one attached hydrogen (secondary N) is 1. The van der Waals surface area contributed by atoms with Gasteiger partial charge in [0.15, 0.2) is 5.88 Å². The van der Waals surface area contributed by atoms with Crippen molar-refractivity contribution in [3.05, 3.63) is 42.3 Å². The maximum Gasteiger partial charge on any atom is 0.336 e. The Bertz CT molecular complexity index is 374. The van der Waals surface area contributed by atoms with Crippen LogP contribution in [0.1, 0.15) is 13.8 Å². The van der Waals surface area contributed by atoms with Crippen molar-refractivity contribution in [3.63, 3.8) is 0 Å². The van der Waals surface area contributed by atoms with Gasteiger partial charge in [-0.15, -0.1) is 0 Å². The van der Waals surface area contributed by atoms with Gasteiger partial charge in [-0.2, -0.15) is 0 Å². The molecular formula is C13H17NO3. The highest BCUT2D eigenvalue weighted by Crippen LogP contribution is 2.10. The average Bonchev–Trinajstić information content (AvgIpc) is 2.31. The number of esters is 1. The van der Waals surface area contributed by atoms with E-state index >= 15 is 0 Å². The molecule has 4 heteroatoms. The van der Waals surface area contributed by atoms with Gasteiger partial charge in [-0.3, -0.25) is 0 Å². The lowest BCUT2D eigenvalue weighted by Gasteiger charge is -2.11. The molecule has 0 radical (unpaired) electrons. The number of hydrogen-bond acceptors (Lipinski definition) is 4. The molecule has 0 saturated carbocycles. The molecule has 92 valence electrons. The molecule has 0 fully saturated rings. The third-order valence-electron chi connectivity index (χ3n) is 1.88. The first-order valence-electron chi connectivity index (χ1n) is 5.59. The number of ether oxygens (including phenoxy) is 2. The van der Waals surface area contributed by atoms with E-state index in [1.165, 1.54) is 6.08 Å². The summed E-state index contributed by atoms with van der Waals surface area (Å²) in [7, 11) is 0. The van der Waals surface area contributed by atoms with Crippen LogP contribution in [-0.4, -0.2) is 19.2 Å². The zero-order chi connectivity index (χ0) is 12.5. The van der Waals surface area contributed by atoms with Crippen molar-refractivity contribution in [2.75, 3.05) is 18.5 Å². The molecule has 0 saturated heterocycles. The van der Waals surface area contributed by atoms with E-state index in [0.29, 0.717) is 19.1 Å². The average molecular weight is 235 g/mol. The first-order chi connectivity index (χ1) is 8.26. The number of rotatable bonds is 6. The molecule has 4 nitrogen and oxygen atoms in total. The van der Waals surface area contributed by atoms with Crippen molar-refractivity contribution in [1.82, 2.24) is 0 Å². The van der Waals surface area contributed by atoms with Gasteiger partial charge in [0.1, 0.15) is 0 Å². The highest BCUT2D eigenvalue weighted by atomic mass is 16.5. The standard InChI is InChI=1S/C13H17NO3/c1-3-16-12(10-13(15)17-4-2)14-11-8-6-5-7-9-11/h5-10,14H,3-4H2,1-2H3/b12-10+. The predicted molar refractivity (Wildman–Crippen MR) is 66.4 cm³/mol. The number of carbonyl (C=O) groups is 1. The molecule has 0 bridgehead atoms. The SMILES string of the molecule is CCOC(=O)/C=C(\Nc1ccccc1)OCC. The Morgan fingerprint density at radius 2 is 1.82 bits per heavy atom. The predicted octanol–water partition coefficient (Wildman–Crippen LogP) is 2.54. The maximum atomic E-state index is 11.3. The molecule has 0 aliphatic heterocycles. The molecular weight excluding hydrogens is 218 g/mol. The summed E-state index contributed by atoms with van der Waals surface area (Å²) in [6.45, 7) is 4.44. The fourth-order valence-corrected chi connectivity index (χ4v) is 1.22. The Morgan fingerprint density at radius 1 is 1.18 bits per heavy atom. The van der Waals surface area contributed by atoms with Crippen LogP contribution in [0.3, 0.4) is 0 Å². The lowest BCUT2D eigenvalue weighted by Crippen LogP contribution is -2.09. The van der Waals surface area contributed by atoms with Crippen molar-refractivity contribution in [2.24, 2.45) is 0 Å². The van der Waals surface area contributed by atoms with E-state index in [1.807, 2.05) is 37.3 Å². The summed E-state index contributed by atoms with van der Waals surface area (Å²) in [5, 5.41) is 3.01. The number of carbonyl (C=O) groups excluding carboxylic acids is 1. The Hall–Kier alpha value is -1.97. The van der Waals surface area contributed by atoms with E-state index in [1.54, 1.807) is 6.92 Å². The second-order valence-corrected chi connectivity index (χ2v) is 3.18. The van der Waals surface area contributed by atoms with Crippen LogP contribution < -0.4 is 5.32 Å². The molecule has 0 aromatic heterocycles. The van der Waals surface area contributed by atoms with E-state index < -0.39 is 5.97 Å². The van der Waals surface area contributed by atoms with E-state index in [-0.39, 0.29) is 0 Å². The molecule has 0 aliphatic carbocycles. The van der Waals surface area contributed by atoms with Gasteiger partial charge in [0.2, 0.25) is 0 Å². The van der Waals surface area contributed by atoms with Crippen LogP contribution in [0.2, 0.25) is 0 Å². The summed E-state index contributed by atoms with van der Waals surface area (Å²) in [5.41, 5.74) is 0.858. The van der Waals surface area contributed by atoms with Gasteiger partial charge in [0, 0.05) is 5.69 Å². The summed E-state index contributed by atoms with van der Waals surface area (Å²) in [6.07, 6.45) is 1.31. The highest BCUT2D eigenvalue weighted by molar-refractivity contribution is 5.83. The van der Waals surface area contributed by atoms with Gasteiger partial charge in [0.05, 0.1) is 19.3 Å². The van der Waals surface area contributed by atoms with Crippen LogP contribution in [0.5, 0.6) is 0 Å². The topological polar surface area (TPSA) is 47.6 Å². The summed E-state index contributed by atoms with van der Waals surface area (Å²) in [5.74, 6) is -0.0310. The van der Waals surface area contributed by atoms with Crippen LogP contribution in [0.4, 0.5) is 5.69 Å². The van der Waals surface area contributed by atoms with Crippen molar-refractivity contribution in [2.45, 2.75) is 13.8 Å². The van der Waals surface area contributed by atoms with Crippen molar-refractivity contribution in [1.29, 1.82) is 0 Å². The van der Waals surface area contributed by atoms with Gasteiger partial charge in [-0.25, -0.2) is 4.79 Å². The zero-order valence-electron chi connectivity index (χ0n) is 10.1. The lowest BCUT2D eigenvalue weighted by molar-refractivity contribution is -0.137. The molecule has 0 spiro atoms. The van der Waals surface area contributed by atoms with Gasteiger partial charge in [-0.05, 0) is 26.0 Å². The Balaban J connectivity index is 2.69. The number of benzene rings is 1. The number of para-hydroxylation sites is 1. The Morgan fingerprint density at radius 3 is 2.41 bits per heavy atom. The summed E-state index contributed by atoms with van der Waals surface area (Å²) in [6, 6.07) is 9.49. The lowest BCUT2D eigenvalue weighted by atomic mass is 10.3. The van der Waals surface area contributed by atoms with Gasteiger partial charge in [-0.1, -0.05) is 18.2 Å². The molecule has 17 heavy (non-hydrogen) atoms. The minimum Gasteiger partial charge on any atom is -0.479 e. The van der Waals surface area contributed by atoms with Crippen LogP contribution in [0.25, 0.3) is 0 Å². The van der Waals surface area contributed by atoms with Crippen molar-refractivity contribution >= 4 is 11.7 Å². The van der Waals surface area contributed by atoms with Gasteiger partial charge < -0.3 is 14.8 Å². The summed E-state index contributed by atoms with van der Waals surface area (Å²) >= 11 is 0. The second-order valence-electron chi connectivity index (χ2n) is 3.18. The minimum atomic E-state index is -0.417. The molecule has 0 atom stereocenters. The number of hydrogen-bond donors (Lipinski definition) is 1. The fourth-order valence-electron chi connectivity index (χ4n) is 1.22. The maximum absolute atomic E-state index is 11.3. The number of anilines is 1. The smallest absolute Gasteiger partial charge is 0.336 e. The molecule has 0 heterocycles. The van der Waals surface area contributed by atoms with Gasteiger partial charge >= 0.3 is 5.97 Å². The quantitative estimate of drug-likeness (QED) is 0.467. The summed E-state index contributed by atoms with van der Waals surface area (Å²) < 4.78 is 10.1. The molecule has 0 aliphatic rings. The molecule has 1 N–H and O–H groups in total. The first-order valence-corrected chi connectivity index (χ1v) is 5.59. The third kappa shape index (κ3) is 5.06. The largest absolute Gasteiger partial charge is 0.479 e. The minimum absolute atomic E-state index is 0.347. The van der Waals surface area contributed by atoms with Crippen LogP contribution in [0.15, 0.2) is 42.3 Å². The molecule has 0 amide bonds. The zero-order valence-corrected chi connectivity index (χ0v) is 10.1. The first kappa shape index (κ1) is 13.1. The summed E-state index contributed by atoms with van der Waals surface area (Å²) in [4.78, 5) is 11.3. The third-order valence-corrected chi connectivity index (χ3v) is 1.88. The second kappa shape index (κ2) is 7.33. The van der Waals surface area contributed by atoms with Crippen molar-refractivity contribution < 1.29 is 14.3 Å². The van der Waals surface area contributed by atoms with Gasteiger partial charge in [0.25, 0.3) is 0 Å². The molecule has 1 rings (SSSR count). The van der Waals surface area contributed by atoms with Crippen molar-refractivity contribution in [3.8, 4) is 0 Å². The van der Waals surface area contributed by atoms with Crippen LogP contribution in [-0.2, 0) is 14.3 Å². The fraction of sp³-hybridized carbons (Fsp3) is 0.308.